The van der Waals surface area contributed by atoms with Crippen molar-refractivity contribution in [2.24, 2.45) is 0 Å². The molecule has 6 heteroatoms. The van der Waals surface area contributed by atoms with E-state index >= 15 is 0 Å². The van der Waals surface area contributed by atoms with Crippen LogP contribution in [0.4, 0.5) is 0 Å². The molecular formula is C17H12BrClN2O2. The predicted octanol–water partition coefficient (Wildman–Crippen LogP) is 3.74. The van der Waals surface area contributed by atoms with Crippen molar-refractivity contribution in [2.75, 3.05) is 5.33 Å². The highest BCUT2D eigenvalue weighted by Crippen LogP contribution is 2.33. The van der Waals surface area contributed by atoms with E-state index in [0.717, 1.165) is 5.69 Å². The van der Waals surface area contributed by atoms with Crippen molar-refractivity contribution >= 4 is 38.6 Å². The lowest BCUT2D eigenvalue weighted by Crippen LogP contribution is -2.15. The first-order valence-corrected chi connectivity index (χ1v) is 8.70. The first-order chi connectivity index (χ1) is 11.2. The molecule has 0 N–H and O–H groups in total. The molecule has 1 aliphatic rings. The Morgan fingerprint density at radius 1 is 1.35 bits per heavy atom. The second kappa shape index (κ2) is 5.65. The quantitative estimate of drug-likeness (QED) is 0.625. The summed E-state index contributed by atoms with van der Waals surface area (Å²) in [6.45, 7) is 0. The number of rotatable bonds is 2. The van der Waals surface area contributed by atoms with Crippen LogP contribution in [0.3, 0.4) is 0 Å². The van der Waals surface area contributed by atoms with Crippen LogP contribution in [0.15, 0.2) is 47.4 Å². The summed E-state index contributed by atoms with van der Waals surface area (Å²) in [5, 5.41) is 1.87. The highest BCUT2D eigenvalue weighted by Gasteiger charge is 2.30. The van der Waals surface area contributed by atoms with E-state index in [9.17, 15) is 4.79 Å². The third-order valence-corrected chi connectivity index (χ3v) is 4.88. The van der Waals surface area contributed by atoms with Gasteiger partial charge < -0.3 is 4.74 Å². The maximum atomic E-state index is 12.8. The van der Waals surface area contributed by atoms with E-state index in [1.807, 2.05) is 28.8 Å². The highest BCUT2D eigenvalue weighted by atomic mass is 79.9. The first-order valence-electron chi connectivity index (χ1n) is 7.20. The number of alkyl halides is 1. The molecule has 3 aromatic rings. The fourth-order valence-electron chi connectivity index (χ4n) is 2.92. The van der Waals surface area contributed by atoms with E-state index in [-0.39, 0.29) is 11.5 Å². The molecule has 0 radical (unpaired) electrons. The molecule has 1 atom stereocenters. The molecule has 3 heterocycles. The maximum absolute atomic E-state index is 12.8. The normalized spacial score (nSPS) is 16.3. The van der Waals surface area contributed by atoms with Crippen molar-refractivity contribution in [3.05, 3.63) is 63.4 Å². The fraction of sp³-hybridized carbons (Fsp3) is 0.176. The molecule has 0 bridgehead atoms. The van der Waals surface area contributed by atoms with E-state index < -0.39 is 0 Å². The molecule has 23 heavy (non-hydrogen) atoms. The van der Waals surface area contributed by atoms with Crippen LogP contribution in [-0.2, 0) is 6.42 Å². The van der Waals surface area contributed by atoms with Gasteiger partial charge in [-0.3, -0.25) is 9.36 Å². The van der Waals surface area contributed by atoms with Gasteiger partial charge in [0.1, 0.15) is 6.10 Å². The molecule has 1 aliphatic heterocycles. The number of pyridine rings is 2. The van der Waals surface area contributed by atoms with Crippen LogP contribution < -0.4 is 10.2 Å². The van der Waals surface area contributed by atoms with E-state index in [0.29, 0.717) is 39.3 Å². The van der Waals surface area contributed by atoms with Crippen LogP contribution in [0.1, 0.15) is 5.56 Å². The minimum absolute atomic E-state index is 0.00942. The number of hydrogen-bond acceptors (Lipinski definition) is 3. The summed E-state index contributed by atoms with van der Waals surface area (Å²) in [4.78, 5) is 17.2. The predicted molar refractivity (Wildman–Crippen MR) is 94.3 cm³/mol. The molecular weight excluding hydrogens is 380 g/mol. The topological polar surface area (TPSA) is 44.1 Å². The maximum Gasteiger partial charge on any atom is 0.207 e. The van der Waals surface area contributed by atoms with Crippen molar-refractivity contribution < 1.29 is 4.74 Å². The summed E-state index contributed by atoms with van der Waals surface area (Å²) in [7, 11) is 0. The summed E-state index contributed by atoms with van der Waals surface area (Å²) in [5.41, 5.74) is 2.08. The SMILES string of the molecule is O=c1c2c(n(-c3cccc(Cl)c3)c3ncccc13)OC(CBr)C2. The van der Waals surface area contributed by atoms with Crippen LogP contribution in [0.25, 0.3) is 16.7 Å². The highest BCUT2D eigenvalue weighted by molar-refractivity contribution is 9.09. The van der Waals surface area contributed by atoms with Crippen LogP contribution in [0.5, 0.6) is 5.88 Å². The summed E-state index contributed by atoms with van der Waals surface area (Å²) >= 11 is 9.57. The van der Waals surface area contributed by atoms with E-state index in [1.165, 1.54) is 0 Å². The molecule has 0 saturated heterocycles. The Labute approximate surface area is 145 Å². The van der Waals surface area contributed by atoms with Gasteiger partial charge >= 0.3 is 0 Å². The Morgan fingerprint density at radius 2 is 2.22 bits per heavy atom. The number of hydrogen-bond donors (Lipinski definition) is 0. The molecule has 116 valence electrons. The molecule has 0 amide bonds. The molecule has 1 aromatic carbocycles. The zero-order valence-corrected chi connectivity index (χ0v) is 14.3. The monoisotopic (exact) mass is 390 g/mol. The number of aromatic nitrogens is 2. The molecule has 0 spiro atoms. The van der Waals surface area contributed by atoms with E-state index in [4.69, 9.17) is 16.3 Å². The van der Waals surface area contributed by atoms with Crippen LogP contribution in [0, 0.1) is 0 Å². The van der Waals surface area contributed by atoms with Crippen LogP contribution in [0.2, 0.25) is 5.02 Å². The molecule has 4 rings (SSSR count). The summed E-state index contributed by atoms with van der Waals surface area (Å²) in [6.07, 6.45) is 2.21. The van der Waals surface area contributed by atoms with Gasteiger partial charge in [0.15, 0.2) is 11.1 Å². The van der Waals surface area contributed by atoms with E-state index in [1.54, 1.807) is 18.3 Å². The van der Waals surface area contributed by atoms with Crippen molar-refractivity contribution in [3.8, 4) is 11.6 Å². The first kappa shape index (κ1) is 14.7. The lowest BCUT2D eigenvalue weighted by atomic mass is 10.1. The largest absolute Gasteiger partial charge is 0.474 e. The van der Waals surface area contributed by atoms with Crippen molar-refractivity contribution in [3.63, 3.8) is 0 Å². The molecule has 0 saturated carbocycles. The Kier molecular flexibility index (Phi) is 3.62. The van der Waals surface area contributed by atoms with Crippen LogP contribution >= 0.6 is 27.5 Å². The molecule has 1 unspecified atom stereocenters. The fourth-order valence-corrected chi connectivity index (χ4v) is 3.46. The Bertz CT molecular complexity index is 970. The second-order valence-electron chi connectivity index (χ2n) is 5.40. The van der Waals surface area contributed by atoms with Gasteiger partial charge in [-0.25, -0.2) is 4.98 Å². The number of benzene rings is 1. The van der Waals surface area contributed by atoms with Gasteiger partial charge in [-0.05, 0) is 30.3 Å². The molecule has 0 fully saturated rings. The standard InChI is InChI=1S/C17H12BrClN2O2/c18-9-12-8-14-15(22)13-5-2-6-20-16(13)21(17(14)23-12)11-4-1-3-10(19)7-11/h1-7,12H,8-9H2. The van der Waals surface area contributed by atoms with Gasteiger partial charge in [0.2, 0.25) is 5.88 Å². The third kappa shape index (κ3) is 2.35. The zero-order chi connectivity index (χ0) is 16.0. The zero-order valence-electron chi connectivity index (χ0n) is 12.0. The lowest BCUT2D eigenvalue weighted by Gasteiger charge is -2.16. The van der Waals surface area contributed by atoms with Gasteiger partial charge in [0, 0.05) is 23.0 Å². The lowest BCUT2D eigenvalue weighted by molar-refractivity contribution is 0.248. The van der Waals surface area contributed by atoms with Crippen molar-refractivity contribution in [1.82, 2.24) is 9.55 Å². The van der Waals surface area contributed by atoms with Crippen molar-refractivity contribution in [2.45, 2.75) is 12.5 Å². The van der Waals surface area contributed by atoms with E-state index in [2.05, 4.69) is 20.9 Å². The number of ether oxygens (including phenoxy) is 1. The average Bonchev–Trinajstić information content (AvgIpc) is 3.00. The smallest absolute Gasteiger partial charge is 0.207 e. The third-order valence-electron chi connectivity index (χ3n) is 3.93. The minimum Gasteiger partial charge on any atom is -0.474 e. The van der Waals surface area contributed by atoms with Gasteiger partial charge in [-0.1, -0.05) is 33.6 Å². The van der Waals surface area contributed by atoms with Gasteiger partial charge in [-0.15, -0.1) is 0 Å². The number of fused-ring (bicyclic) bond motifs is 2. The van der Waals surface area contributed by atoms with Gasteiger partial charge in [0.25, 0.3) is 0 Å². The summed E-state index contributed by atoms with van der Waals surface area (Å²) < 4.78 is 7.88. The number of halogens is 2. The van der Waals surface area contributed by atoms with Crippen LogP contribution in [-0.4, -0.2) is 21.0 Å². The molecule has 4 nitrogen and oxygen atoms in total. The molecule has 2 aromatic heterocycles. The number of nitrogens with zero attached hydrogens (tertiary/aromatic N) is 2. The minimum atomic E-state index is -0.0556. The van der Waals surface area contributed by atoms with Crippen molar-refractivity contribution in [1.29, 1.82) is 0 Å². The molecule has 0 aliphatic carbocycles. The second-order valence-corrected chi connectivity index (χ2v) is 6.48. The van der Waals surface area contributed by atoms with Gasteiger partial charge in [0.05, 0.1) is 16.6 Å². The Morgan fingerprint density at radius 3 is 3.00 bits per heavy atom. The average molecular weight is 392 g/mol. The Hall–Kier alpha value is -1.85. The summed E-state index contributed by atoms with van der Waals surface area (Å²) in [5.74, 6) is 0.563. The van der Waals surface area contributed by atoms with Gasteiger partial charge in [-0.2, -0.15) is 0 Å². The Balaban J connectivity index is 2.11. The summed E-state index contributed by atoms with van der Waals surface area (Å²) in [6, 6.07) is 11.0.